The number of carboxylic acid groups (broad SMARTS) is 1. The number of benzene rings is 1. The number of hydrogen-bond acceptors (Lipinski definition) is 6. The van der Waals surface area contributed by atoms with Crippen LogP contribution in [-0.4, -0.2) is 57.5 Å². The molecule has 2 N–H and O–H groups in total. The first-order valence-electron chi connectivity index (χ1n) is 22.1. The lowest BCUT2D eigenvalue weighted by Gasteiger charge is -2.72. The summed E-state index contributed by atoms with van der Waals surface area (Å²) in [6, 6.07) is 10.0. The van der Waals surface area contributed by atoms with Gasteiger partial charge in [0.25, 0.3) is 0 Å². The van der Waals surface area contributed by atoms with Crippen molar-refractivity contribution >= 4 is 23.6 Å². The maximum absolute atomic E-state index is 14.3. The van der Waals surface area contributed by atoms with Crippen LogP contribution in [0.5, 0.6) is 0 Å². The molecule has 8 nitrogen and oxygen atoms in total. The minimum atomic E-state index is -1.18. The molecular formula is C49H73NO7. The average Bonchev–Trinajstić information content (AvgIpc) is 3.42. The number of esters is 1. The highest BCUT2D eigenvalue weighted by molar-refractivity contribution is 6.00. The Hall–Kier alpha value is -3.00. The van der Waals surface area contributed by atoms with Crippen LogP contribution in [0.15, 0.2) is 41.5 Å². The van der Waals surface area contributed by atoms with E-state index >= 15 is 0 Å². The molecule has 4 fully saturated rings. The number of fused-ring (bicyclic) bond motifs is 7. The van der Waals surface area contributed by atoms with Crippen LogP contribution in [0.1, 0.15) is 152 Å². The quantitative estimate of drug-likeness (QED) is 0.202. The fourth-order valence-corrected chi connectivity index (χ4v) is 13.8. The van der Waals surface area contributed by atoms with Gasteiger partial charge in [0, 0.05) is 36.8 Å². The first kappa shape index (κ1) is 43.6. The van der Waals surface area contributed by atoms with Gasteiger partial charge in [0.05, 0.1) is 17.9 Å². The number of aliphatic hydroxyl groups excluding tert-OH is 1. The molecule has 4 saturated carbocycles. The standard InChI is InChI=1S/C49H73NO7/c1-30(2)25-39(53)50(28-32-15-13-12-14-16-32)29-37(52)49-24-23-47(10)33(42(49)41(31(3)4)34(51)26-49)17-18-36-46(9)21-20-38(57-40(54)27-44(5,6)43(55)56)45(7,8)35(46)19-22-48(36,47)11/h12-16,30-31,33,35-38,52H,17-29H2,1-11H3,(H,55,56)/t33-,35+,36-,37+,38-,46+,47-,48-,49+/m1/s1. The van der Waals surface area contributed by atoms with Crippen molar-refractivity contribution in [1.29, 1.82) is 0 Å². The summed E-state index contributed by atoms with van der Waals surface area (Å²) in [7, 11) is 0. The smallest absolute Gasteiger partial charge is 0.309 e. The zero-order chi connectivity index (χ0) is 42.1. The summed E-state index contributed by atoms with van der Waals surface area (Å²) in [5.74, 6) is -0.0257. The van der Waals surface area contributed by atoms with E-state index < -0.39 is 28.9 Å². The van der Waals surface area contributed by atoms with Gasteiger partial charge in [0.15, 0.2) is 5.78 Å². The third-order valence-corrected chi connectivity index (χ3v) is 17.0. The van der Waals surface area contributed by atoms with Gasteiger partial charge in [0.1, 0.15) is 6.10 Å². The van der Waals surface area contributed by atoms with E-state index in [0.717, 1.165) is 62.5 Å². The van der Waals surface area contributed by atoms with Crippen molar-refractivity contribution in [2.75, 3.05) is 6.54 Å². The molecule has 1 amide bonds. The molecule has 0 spiro atoms. The molecule has 8 heteroatoms. The van der Waals surface area contributed by atoms with E-state index in [2.05, 4.69) is 62.3 Å². The summed E-state index contributed by atoms with van der Waals surface area (Å²) < 4.78 is 6.18. The van der Waals surface area contributed by atoms with Crippen molar-refractivity contribution in [3.05, 3.63) is 47.0 Å². The van der Waals surface area contributed by atoms with Crippen LogP contribution >= 0.6 is 0 Å². The van der Waals surface area contributed by atoms with E-state index in [4.69, 9.17) is 4.74 Å². The average molecular weight is 788 g/mol. The third kappa shape index (κ3) is 7.24. The molecule has 0 bridgehead atoms. The zero-order valence-corrected chi connectivity index (χ0v) is 37.0. The van der Waals surface area contributed by atoms with Gasteiger partial charge >= 0.3 is 11.9 Å². The highest BCUT2D eigenvalue weighted by atomic mass is 16.5. The molecule has 316 valence electrons. The minimum Gasteiger partial charge on any atom is -0.481 e. The van der Waals surface area contributed by atoms with Gasteiger partial charge in [-0.1, -0.05) is 98.2 Å². The third-order valence-electron chi connectivity index (χ3n) is 17.0. The Balaban J connectivity index is 1.30. The largest absolute Gasteiger partial charge is 0.481 e. The first-order valence-corrected chi connectivity index (χ1v) is 22.1. The molecule has 0 aliphatic heterocycles. The van der Waals surface area contributed by atoms with Crippen molar-refractivity contribution < 1.29 is 34.1 Å². The predicted molar refractivity (Wildman–Crippen MR) is 223 cm³/mol. The summed E-state index contributed by atoms with van der Waals surface area (Å²) in [6.07, 6.45) is 6.89. The number of carbonyl (C=O) groups is 4. The topological polar surface area (TPSA) is 121 Å². The molecule has 9 atom stereocenters. The number of Topliss-reactive ketones (excluding diaryl/α,β-unsaturated/α-hetero) is 1. The van der Waals surface area contributed by atoms with Crippen molar-refractivity contribution in [3.63, 3.8) is 0 Å². The lowest BCUT2D eigenvalue weighted by molar-refractivity contribution is -0.235. The van der Waals surface area contributed by atoms with Crippen molar-refractivity contribution in [2.24, 2.45) is 62.1 Å². The summed E-state index contributed by atoms with van der Waals surface area (Å²) in [4.78, 5) is 54.9. The first-order chi connectivity index (χ1) is 26.4. The number of carbonyl (C=O) groups excluding carboxylic acids is 3. The van der Waals surface area contributed by atoms with Crippen molar-refractivity contribution in [1.82, 2.24) is 4.90 Å². The lowest BCUT2D eigenvalue weighted by atomic mass is 9.33. The lowest BCUT2D eigenvalue weighted by Crippen LogP contribution is -2.66. The SMILES string of the molecule is CC(C)CC(=O)N(Cc1ccccc1)C[C@H](O)[C@@]12CC[C@]3(C)[C@H](CC[C@@H]4[C@@]5(C)CC[C@@H](OC(=O)CC(C)(C)C(=O)O)C(C)(C)[C@@H]5CC[C@]43C)C1=C(C(C)C)C(=O)C2. The normalized spacial score (nSPS) is 35.2. The van der Waals surface area contributed by atoms with E-state index in [0.29, 0.717) is 31.2 Å². The van der Waals surface area contributed by atoms with Crippen LogP contribution in [0.3, 0.4) is 0 Å². The van der Waals surface area contributed by atoms with Gasteiger partial charge in [-0.3, -0.25) is 19.2 Å². The molecule has 1 aromatic rings. The second-order valence-corrected chi connectivity index (χ2v) is 21.9. The van der Waals surface area contributed by atoms with Gasteiger partial charge in [-0.15, -0.1) is 0 Å². The number of amides is 1. The van der Waals surface area contributed by atoms with Gasteiger partial charge in [-0.25, -0.2) is 0 Å². The molecule has 5 aliphatic rings. The Morgan fingerprint density at radius 1 is 0.877 bits per heavy atom. The molecular weight excluding hydrogens is 715 g/mol. The molecule has 0 saturated heterocycles. The Kier molecular flexibility index (Phi) is 11.6. The Bertz CT molecular complexity index is 1760. The number of aliphatic carboxylic acids is 1. The molecule has 1 aromatic carbocycles. The highest BCUT2D eigenvalue weighted by Gasteiger charge is 2.71. The fourth-order valence-electron chi connectivity index (χ4n) is 13.8. The number of hydrogen-bond donors (Lipinski definition) is 2. The van der Waals surface area contributed by atoms with Gasteiger partial charge < -0.3 is 19.8 Å². The van der Waals surface area contributed by atoms with Crippen LogP contribution < -0.4 is 0 Å². The van der Waals surface area contributed by atoms with E-state index in [9.17, 15) is 29.4 Å². The Morgan fingerprint density at radius 3 is 2.16 bits per heavy atom. The summed E-state index contributed by atoms with van der Waals surface area (Å²) >= 11 is 0. The molecule has 0 heterocycles. The predicted octanol–water partition coefficient (Wildman–Crippen LogP) is 9.82. The second kappa shape index (κ2) is 15.2. The second-order valence-electron chi connectivity index (χ2n) is 21.9. The molecule has 6 rings (SSSR count). The van der Waals surface area contributed by atoms with E-state index in [1.165, 1.54) is 5.57 Å². The molecule has 57 heavy (non-hydrogen) atoms. The fraction of sp³-hybridized carbons (Fsp3) is 0.755. The highest BCUT2D eigenvalue weighted by Crippen LogP contribution is 2.77. The Labute approximate surface area is 343 Å². The molecule has 0 radical (unpaired) electrons. The van der Waals surface area contributed by atoms with Crippen LogP contribution in [0.25, 0.3) is 0 Å². The number of carboxylic acids is 1. The number of ketones is 1. The summed E-state index contributed by atoms with van der Waals surface area (Å²) in [5, 5.41) is 22.3. The van der Waals surface area contributed by atoms with Gasteiger partial charge in [-0.2, -0.15) is 0 Å². The Morgan fingerprint density at radius 2 is 1.54 bits per heavy atom. The number of allylic oxidation sites excluding steroid dienone is 1. The van der Waals surface area contributed by atoms with Crippen molar-refractivity contribution in [2.45, 2.75) is 166 Å². The van der Waals surface area contributed by atoms with Crippen LogP contribution in [0, 0.1) is 62.1 Å². The summed E-state index contributed by atoms with van der Waals surface area (Å²) in [5.41, 5.74) is 0.984. The molecule has 0 aromatic heterocycles. The zero-order valence-electron chi connectivity index (χ0n) is 37.0. The monoisotopic (exact) mass is 788 g/mol. The van der Waals surface area contributed by atoms with E-state index in [-0.39, 0.29) is 70.2 Å². The minimum absolute atomic E-state index is 0.00329. The molecule has 5 aliphatic carbocycles. The summed E-state index contributed by atoms with van der Waals surface area (Å²) in [6.45, 7) is 24.2. The van der Waals surface area contributed by atoms with Crippen molar-refractivity contribution in [3.8, 4) is 0 Å². The van der Waals surface area contributed by atoms with E-state index in [1.807, 2.05) is 35.2 Å². The van der Waals surface area contributed by atoms with E-state index in [1.54, 1.807) is 13.8 Å². The van der Waals surface area contributed by atoms with Crippen LogP contribution in [-0.2, 0) is 30.5 Å². The van der Waals surface area contributed by atoms with Crippen LogP contribution in [0.2, 0.25) is 0 Å². The maximum atomic E-state index is 14.3. The van der Waals surface area contributed by atoms with Gasteiger partial charge in [-0.05, 0) is 122 Å². The number of ether oxygens (including phenoxy) is 1. The van der Waals surface area contributed by atoms with Crippen LogP contribution in [0.4, 0.5) is 0 Å². The number of aliphatic hydroxyl groups is 1. The number of nitrogens with zero attached hydrogens (tertiary/aromatic N) is 1. The number of rotatable bonds is 12. The maximum Gasteiger partial charge on any atom is 0.309 e. The molecule has 0 unspecified atom stereocenters. The van der Waals surface area contributed by atoms with Gasteiger partial charge in [0.2, 0.25) is 5.91 Å².